The Morgan fingerprint density at radius 1 is 1.19 bits per heavy atom. The van der Waals surface area contributed by atoms with Crippen molar-refractivity contribution in [1.29, 1.82) is 0 Å². The van der Waals surface area contributed by atoms with E-state index in [1.54, 1.807) is 11.0 Å². The molecule has 0 aliphatic carbocycles. The van der Waals surface area contributed by atoms with Crippen LogP contribution in [-0.2, 0) is 11.2 Å². The molecule has 3 aliphatic rings. The number of anilines is 1. The number of amides is 1. The molecule has 2 aromatic heterocycles. The molecule has 1 amide bonds. The summed E-state index contributed by atoms with van der Waals surface area (Å²) in [7, 11) is 0. The zero-order valence-corrected chi connectivity index (χ0v) is 23.0. The van der Waals surface area contributed by atoms with Gasteiger partial charge < -0.3 is 14.5 Å². The summed E-state index contributed by atoms with van der Waals surface area (Å²) < 4.78 is 44.3. The molecule has 0 bridgehead atoms. The van der Waals surface area contributed by atoms with Gasteiger partial charge in [0.15, 0.2) is 0 Å². The van der Waals surface area contributed by atoms with Gasteiger partial charge >= 0.3 is 12.3 Å². The molecule has 37 heavy (non-hydrogen) atoms. The van der Waals surface area contributed by atoms with Crippen LogP contribution < -0.4 is 4.90 Å². The number of alkyl halides is 3. The second kappa shape index (κ2) is 9.25. The Bertz CT molecular complexity index is 1150. The lowest BCUT2D eigenvalue weighted by Gasteiger charge is -2.57. The fourth-order valence-electron chi connectivity index (χ4n) is 6.30. The Balaban J connectivity index is 1.21. The third-order valence-corrected chi connectivity index (χ3v) is 8.74. The van der Waals surface area contributed by atoms with Crippen molar-refractivity contribution >= 4 is 33.5 Å². The van der Waals surface area contributed by atoms with Gasteiger partial charge in [0.05, 0.1) is 11.8 Å². The number of aromatic nitrogens is 2. The van der Waals surface area contributed by atoms with E-state index in [9.17, 15) is 18.0 Å². The molecule has 0 unspecified atom stereocenters. The van der Waals surface area contributed by atoms with Crippen molar-refractivity contribution in [3.63, 3.8) is 0 Å². The Kier molecular flexibility index (Phi) is 6.62. The first-order chi connectivity index (χ1) is 17.2. The van der Waals surface area contributed by atoms with Gasteiger partial charge in [0.25, 0.3) is 0 Å². The molecule has 0 radical (unpaired) electrons. The number of nitrogens with zero attached hydrogens (tertiary/aromatic N) is 5. The zero-order valence-electron chi connectivity index (χ0n) is 22.1. The number of halogens is 3. The van der Waals surface area contributed by atoms with Crippen LogP contribution in [0.4, 0.5) is 23.8 Å². The van der Waals surface area contributed by atoms with Gasteiger partial charge in [-0.15, -0.1) is 11.3 Å². The highest BCUT2D eigenvalue weighted by Gasteiger charge is 2.53. The van der Waals surface area contributed by atoms with Gasteiger partial charge in [0.2, 0.25) is 0 Å². The molecular formula is C26H36F3N5O2S. The predicted molar refractivity (Wildman–Crippen MR) is 138 cm³/mol. The Morgan fingerprint density at radius 3 is 2.51 bits per heavy atom. The van der Waals surface area contributed by atoms with Crippen LogP contribution in [0.25, 0.3) is 10.2 Å². The van der Waals surface area contributed by atoms with Gasteiger partial charge in [0, 0.05) is 61.5 Å². The van der Waals surface area contributed by atoms with Gasteiger partial charge in [-0.1, -0.05) is 13.8 Å². The van der Waals surface area contributed by atoms with E-state index < -0.39 is 18.2 Å². The number of hydrogen-bond acceptors (Lipinski definition) is 7. The molecular weight excluding hydrogens is 503 g/mol. The van der Waals surface area contributed by atoms with Crippen LogP contribution in [0.2, 0.25) is 0 Å². The highest BCUT2D eigenvalue weighted by atomic mass is 32.1. The Hall–Kier alpha value is -2.14. The van der Waals surface area contributed by atoms with Crippen molar-refractivity contribution in [2.45, 2.75) is 65.3 Å². The Morgan fingerprint density at radius 2 is 1.89 bits per heavy atom. The second-order valence-corrected chi connectivity index (χ2v) is 13.5. The fourth-order valence-corrected chi connectivity index (χ4v) is 7.32. The SMILES string of the molecule is CC(C)[C@@H](C1CN(C(=O)OC(C)(C)C)C1)N1CC2(CCN(c3ncnc4sc(CC(F)(F)F)cc34)C2)C1. The topological polar surface area (TPSA) is 61.8 Å². The summed E-state index contributed by atoms with van der Waals surface area (Å²) in [5, 5.41) is 0.719. The lowest BCUT2D eigenvalue weighted by atomic mass is 9.74. The number of carbonyl (C=O) groups is 1. The minimum absolute atomic E-state index is 0.170. The average molecular weight is 540 g/mol. The first-order valence-corrected chi connectivity index (χ1v) is 13.8. The smallest absolute Gasteiger partial charge is 0.410 e. The lowest BCUT2D eigenvalue weighted by molar-refractivity contribution is -0.126. The maximum atomic E-state index is 12.9. The van der Waals surface area contributed by atoms with E-state index in [0.29, 0.717) is 22.7 Å². The second-order valence-electron chi connectivity index (χ2n) is 12.4. The molecule has 11 heteroatoms. The van der Waals surface area contributed by atoms with Gasteiger partial charge in [-0.25, -0.2) is 14.8 Å². The lowest BCUT2D eigenvalue weighted by Crippen LogP contribution is -2.68. The zero-order chi connectivity index (χ0) is 26.8. The molecule has 5 rings (SSSR count). The highest BCUT2D eigenvalue weighted by Crippen LogP contribution is 2.46. The predicted octanol–water partition coefficient (Wildman–Crippen LogP) is 5.20. The standard InChI is InChI=1S/C26H36F3N5O2S/c1-16(2)20(17-10-33(11-17)23(35)36-24(3,4)5)34-13-25(14-34)6-7-32(12-25)21-19-8-18(9-26(27,28)29)37-22(19)31-15-30-21/h8,15-17,20H,6-7,9-14H2,1-5H3/t20-/m0/s1. The van der Waals surface area contributed by atoms with Gasteiger partial charge in [-0.3, -0.25) is 4.90 Å². The molecule has 204 valence electrons. The minimum Gasteiger partial charge on any atom is -0.444 e. The van der Waals surface area contributed by atoms with E-state index in [-0.39, 0.29) is 16.4 Å². The largest absolute Gasteiger partial charge is 0.444 e. The number of likely N-dealkylation sites (tertiary alicyclic amines) is 2. The van der Waals surface area contributed by atoms with Crippen LogP contribution in [0.1, 0.15) is 45.9 Å². The van der Waals surface area contributed by atoms with Crippen molar-refractivity contribution in [3.8, 4) is 0 Å². The molecule has 0 N–H and O–H groups in total. The van der Waals surface area contributed by atoms with Crippen LogP contribution in [0.5, 0.6) is 0 Å². The molecule has 1 spiro atoms. The third-order valence-electron chi connectivity index (χ3n) is 7.70. The van der Waals surface area contributed by atoms with E-state index in [1.165, 1.54) is 6.33 Å². The van der Waals surface area contributed by atoms with Crippen LogP contribution >= 0.6 is 11.3 Å². The molecule has 5 heterocycles. The van der Waals surface area contributed by atoms with Crippen molar-refractivity contribution in [2.75, 3.05) is 44.2 Å². The van der Waals surface area contributed by atoms with Gasteiger partial charge in [-0.05, 0) is 39.2 Å². The minimum atomic E-state index is -4.24. The molecule has 3 aliphatic heterocycles. The van der Waals surface area contributed by atoms with E-state index in [0.717, 1.165) is 68.2 Å². The van der Waals surface area contributed by atoms with Gasteiger partial charge in [-0.2, -0.15) is 13.2 Å². The van der Waals surface area contributed by atoms with Crippen molar-refractivity contribution in [2.24, 2.45) is 17.3 Å². The molecule has 3 fully saturated rings. The van der Waals surface area contributed by atoms with Crippen LogP contribution in [0, 0.1) is 17.3 Å². The van der Waals surface area contributed by atoms with Crippen molar-refractivity contribution in [1.82, 2.24) is 19.8 Å². The Labute approximate surface area is 220 Å². The molecule has 2 aromatic rings. The molecule has 0 saturated carbocycles. The monoisotopic (exact) mass is 539 g/mol. The van der Waals surface area contributed by atoms with Crippen LogP contribution in [-0.4, -0.2) is 82.9 Å². The van der Waals surface area contributed by atoms with Crippen molar-refractivity contribution < 1.29 is 22.7 Å². The third kappa shape index (κ3) is 5.53. The number of hydrogen-bond donors (Lipinski definition) is 0. The number of ether oxygens (including phenoxy) is 1. The van der Waals surface area contributed by atoms with E-state index in [4.69, 9.17) is 4.74 Å². The molecule has 7 nitrogen and oxygen atoms in total. The highest BCUT2D eigenvalue weighted by molar-refractivity contribution is 7.18. The summed E-state index contributed by atoms with van der Waals surface area (Å²) >= 11 is 1.10. The van der Waals surface area contributed by atoms with E-state index >= 15 is 0 Å². The quantitative estimate of drug-likeness (QED) is 0.521. The number of thiophene rings is 1. The maximum absolute atomic E-state index is 12.9. The van der Waals surface area contributed by atoms with Crippen LogP contribution in [0.3, 0.4) is 0 Å². The summed E-state index contributed by atoms with van der Waals surface area (Å²) in [4.78, 5) is 28.6. The van der Waals surface area contributed by atoms with E-state index in [2.05, 4.69) is 33.6 Å². The summed E-state index contributed by atoms with van der Waals surface area (Å²) in [6.45, 7) is 15.3. The number of fused-ring (bicyclic) bond motifs is 1. The summed E-state index contributed by atoms with van der Waals surface area (Å²) in [5.74, 6) is 1.65. The molecule has 0 aromatic carbocycles. The average Bonchev–Trinajstić information content (AvgIpc) is 3.30. The van der Waals surface area contributed by atoms with Crippen LogP contribution in [0.15, 0.2) is 12.4 Å². The summed E-state index contributed by atoms with van der Waals surface area (Å²) in [6.07, 6.45) is -2.91. The van der Waals surface area contributed by atoms with Crippen molar-refractivity contribution in [3.05, 3.63) is 17.3 Å². The molecule has 1 atom stereocenters. The first-order valence-electron chi connectivity index (χ1n) is 13.0. The number of carbonyl (C=O) groups excluding carboxylic acids is 1. The summed E-state index contributed by atoms with van der Waals surface area (Å²) in [5.41, 5.74) is -0.320. The van der Waals surface area contributed by atoms with Gasteiger partial charge in [0.1, 0.15) is 22.6 Å². The maximum Gasteiger partial charge on any atom is 0.410 e. The fraction of sp³-hybridized carbons (Fsp3) is 0.731. The van der Waals surface area contributed by atoms with E-state index in [1.807, 2.05) is 20.8 Å². The first kappa shape index (κ1) is 26.5. The normalized spacial score (nSPS) is 21.5. The molecule has 3 saturated heterocycles. The summed E-state index contributed by atoms with van der Waals surface area (Å²) in [6, 6.07) is 2.02. The number of rotatable bonds is 5.